The summed E-state index contributed by atoms with van der Waals surface area (Å²) in [6.07, 6.45) is 4.50. The summed E-state index contributed by atoms with van der Waals surface area (Å²) in [6.45, 7) is 1.05. The lowest BCUT2D eigenvalue weighted by Crippen LogP contribution is -2.46. The molecule has 0 radical (unpaired) electrons. The van der Waals surface area contributed by atoms with Gasteiger partial charge in [-0.15, -0.1) is 0 Å². The molecule has 1 aromatic heterocycles. The molecule has 3 N–H and O–H groups in total. The summed E-state index contributed by atoms with van der Waals surface area (Å²) >= 11 is 0. The Morgan fingerprint density at radius 2 is 2.47 bits per heavy atom. The topological polar surface area (TPSA) is 84.4 Å². The van der Waals surface area contributed by atoms with Crippen molar-refractivity contribution in [3.8, 4) is 0 Å². The summed E-state index contributed by atoms with van der Waals surface area (Å²) in [5.41, 5.74) is 6.61. The number of likely N-dealkylation sites (tertiary alicyclic amines) is 1. The fraction of sp³-hybridized carbons (Fsp3) is 0.636. The van der Waals surface area contributed by atoms with Crippen LogP contribution in [0, 0.1) is 0 Å². The lowest BCUT2D eigenvalue weighted by molar-refractivity contribution is -0.135. The highest BCUT2D eigenvalue weighted by Crippen LogP contribution is 2.16. The molecule has 2 rings (SSSR count). The first kappa shape index (κ1) is 12.1. The number of amides is 1. The average molecular weight is 238 g/mol. The van der Waals surface area contributed by atoms with E-state index in [4.69, 9.17) is 5.73 Å². The number of piperidine rings is 1. The lowest BCUT2D eigenvalue weighted by Gasteiger charge is -2.31. The van der Waals surface area contributed by atoms with E-state index in [0.29, 0.717) is 18.7 Å². The van der Waals surface area contributed by atoms with E-state index < -0.39 is 12.1 Å². The highest BCUT2D eigenvalue weighted by Gasteiger charge is 2.27. The van der Waals surface area contributed by atoms with Crippen molar-refractivity contribution >= 4 is 5.91 Å². The molecule has 0 saturated carbocycles. The summed E-state index contributed by atoms with van der Waals surface area (Å²) in [4.78, 5) is 13.7. The van der Waals surface area contributed by atoms with Crippen LogP contribution < -0.4 is 5.73 Å². The van der Waals surface area contributed by atoms with Gasteiger partial charge in [-0.1, -0.05) is 0 Å². The maximum absolute atomic E-state index is 12.1. The highest BCUT2D eigenvalue weighted by atomic mass is 16.3. The summed E-state index contributed by atoms with van der Waals surface area (Å²) in [5.74, 6) is -0.142. The van der Waals surface area contributed by atoms with Crippen molar-refractivity contribution in [2.75, 3.05) is 13.1 Å². The van der Waals surface area contributed by atoms with Crippen LogP contribution in [0.3, 0.4) is 0 Å². The molecule has 0 aromatic carbocycles. The molecule has 2 unspecified atom stereocenters. The Balaban J connectivity index is 2.04. The zero-order chi connectivity index (χ0) is 12.4. The Labute approximate surface area is 100 Å². The van der Waals surface area contributed by atoms with Crippen LogP contribution in [0.2, 0.25) is 0 Å². The largest absolute Gasteiger partial charge is 0.391 e. The van der Waals surface area contributed by atoms with Crippen LogP contribution in [0.5, 0.6) is 0 Å². The van der Waals surface area contributed by atoms with Crippen molar-refractivity contribution in [1.29, 1.82) is 0 Å². The molecule has 1 aliphatic heterocycles. The molecule has 1 amide bonds. The molecule has 0 aliphatic carbocycles. The van der Waals surface area contributed by atoms with Crippen molar-refractivity contribution in [1.82, 2.24) is 14.7 Å². The van der Waals surface area contributed by atoms with E-state index in [9.17, 15) is 9.90 Å². The number of aliphatic hydroxyl groups is 1. The first-order valence-corrected chi connectivity index (χ1v) is 5.79. The molecule has 1 aliphatic rings. The second-order valence-electron chi connectivity index (χ2n) is 4.51. The van der Waals surface area contributed by atoms with Gasteiger partial charge in [0.1, 0.15) is 6.04 Å². The van der Waals surface area contributed by atoms with Gasteiger partial charge in [0.25, 0.3) is 0 Å². The van der Waals surface area contributed by atoms with Crippen LogP contribution in [-0.4, -0.2) is 44.9 Å². The van der Waals surface area contributed by atoms with Crippen LogP contribution in [0.25, 0.3) is 0 Å². The Morgan fingerprint density at radius 1 is 1.71 bits per heavy atom. The number of aliphatic hydroxyl groups excluding tert-OH is 1. The van der Waals surface area contributed by atoms with Gasteiger partial charge in [0.15, 0.2) is 0 Å². The minimum Gasteiger partial charge on any atom is -0.391 e. The molecular weight excluding hydrogens is 220 g/mol. The summed E-state index contributed by atoms with van der Waals surface area (Å²) in [7, 11) is 1.78. The number of hydrogen-bond donors (Lipinski definition) is 2. The number of nitrogens with two attached hydrogens (primary N) is 1. The van der Waals surface area contributed by atoms with E-state index in [2.05, 4.69) is 5.10 Å². The first-order valence-electron chi connectivity index (χ1n) is 5.79. The van der Waals surface area contributed by atoms with Crippen molar-refractivity contribution < 1.29 is 9.90 Å². The van der Waals surface area contributed by atoms with Crippen LogP contribution in [-0.2, 0) is 11.8 Å². The van der Waals surface area contributed by atoms with Crippen LogP contribution in [0.1, 0.15) is 24.4 Å². The number of rotatable bonds is 2. The van der Waals surface area contributed by atoms with Crippen molar-refractivity contribution in [2.45, 2.75) is 25.0 Å². The molecule has 1 aromatic rings. The van der Waals surface area contributed by atoms with Gasteiger partial charge in [-0.3, -0.25) is 9.48 Å². The third kappa shape index (κ3) is 2.65. The molecule has 6 nitrogen and oxygen atoms in total. The molecular formula is C11H18N4O2. The molecule has 1 saturated heterocycles. The molecule has 0 spiro atoms. The summed E-state index contributed by atoms with van der Waals surface area (Å²) < 4.78 is 1.62. The van der Waals surface area contributed by atoms with Gasteiger partial charge in [0.2, 0.25) is 5.91 Å². The minimum absolute atomic E-state index is 0.142. The minimum atomic E-state index is -0.686. The number of β-amino-alcohol motifs (C(OH)–C–C–N with tert-alkyl or cyclic N) is 1. The average Bonchev–Trinajstić information content (AvgIpc) is 2.74. The molecule has 17 heavy (non-hydrogen) atoms. The Kier molecular flexibility index (Phi) is 3.44. The van der Waals surface area contributed by atoms with Gasteiger partial charge < -0.3 is 15.7 Å². The van der Waals surface area contributed by atoms with Gasteiger partial charge in [0.05, 0.1) is 12.3 Å². The van der Waals surface area contributed by atoms with Crippen LogP contribution in [0.4, 0.5) is 0 Å². The van der Waals surface area contributed by atoms with E-state index in [1.807, 2.05) is 0 Å². The van der Waals surface area contributed by atoms with Crippen molar-refractivity contribution in [2.24, 2.45) is 12.8 Å². The summed E-state index contributed by atoms with van der Waals surface area (Å²) in [6, 6.07) is -0.686. The molecule has 0 bridgehead atoms. The van der Waals surface area contributed by atoms with Crippen molar-refractivity contribution in [3.05, 3.63) is 18.0 Å². The van der Waals surface area contributed by atoms with Gasteiger partial charge in [-0.05, 0) is 12.8 Å². The Bertz CT molecular complexity index is 404. The summed E-state index contributed by atoms with van der Waals surface area (Å²) in [5, 5.41) is 13.5. The molecule has 6 heteroatoms. The van der Waals surface area contributed by atoms with Crippen LogP contribution >= 0.6 is 0 Å². The van der Waals surface area contributed by atoms with E-state index in [-0.39, 0.29) is 5.91 Å². The van der Waals surface area contributed by atoms with Gasteiger partial charge >= 0.3 is 0 Å². The molecule has 1 fully saturated rings. The smallest absolute Gasteiger partial charge is 0.244 e. The maximum Gasteiger partial charge on any atom is 0.244 e. The zero-order valence-corrected chi connectivity index (χ0v) is 9.91. The lowest BCUT2D eigenvalue weighted by atomic mass is 10.1. The van der Waals surface area contributed by atoms with E-state index in [1.165, 1.54) is 0 Å². The first-order chi connectivity index (χ1) is 8.08. The Hall–Kier alpha value is -1.40. The third-order valence-electron chi connectivity index (χ3n) is 3.06. The standard InChI is InChI=1S/C11H18N4O2/c1-14-6-8(5-13-14)10(12)11(17)15-4-2-3-9(16)7-15/h5-6,9-10,16H,2-4,7,12H2,1H3. The number of nitrogens with zero attached hydrogens (tertiary/aromatic N) is 3. The fourth-order valence-corrected chi connectivity index (χ4v) is 2.09. The molecule has 2 atom stereocenters. The number of aryl methyl sites for hydroxylation is 1. The molecule has 94 valence electrons. The normalized spacial score (nSPS) is 22.5. The second kappa shape index (κ2) is 4.85. The Morgan fingerprint density at radius 3 is 3.06 bits per heavy atom. The maximum atomic E-state index is 12.1. The van der Waals surface area contributed by atoms with Gasteiger partial charge in [0, 0.05) is 31.9 Å². The van der Waals surface area contributed by atoms with Crippen LogP contribution in [0.15, 0.2) is 12.4 Å². The zero-order valence-electron chi connectivity index (χ0n) is 9.91. The van der Waals surface area contributed by atoms with E-state index in [0.717, 1.165) is 12.8 Å². The van der Waals surface area contributed by atoms with Gasteiger partial charge in [-0.25, -0.2) is 0 Å². The predicted molar refractivity (Wildman–Crippen MR) is 62.0 cm³/mol. The highest BCUT2D eigenvalue weighted by molar-refractivity contribution is 5.83. The number of carbonyl (C=O) groups excluding carboxylic acids is 1. The monoisotopic (exact) mass is 238 g/mol. The predicted octanol–water partition coefficient (Wildman–Crippen LogP) is -0.597. The number of hydrogen-bond acceptors (Lipinski definition) is 4. The van der Waals surface area contributed by atoms with Gasteiger partial charge in [-0.2, -0.15) is 5.10 Å². The fourth-order valence-electron chi connectivity index (χ4n) is 2.09. The van der Waals surface area contributed by atoms with Crippen molar-refractivity contribution in [3.63, 3.8) is 0 Å². The number of aromatic nitrogens is 2. The second-order valence-corrected chi connectivity index (χ2v) is 4.51. The molecule has 2 heterocycles. The van der Waals surface area contributed by atoms with E-state index in [1.54, 1.807) is 29.0 Å². The quantitative estimate of drug-likeness (QED) is 0.721. The third-order valence-corrected chi connectivity index (χ3v) is 3.06. The van der Waals surface area contributed by atoms with E-state index >= 15 is 0 Å². The SMILES string of the molecule is Cn1cc(C(N)C(=O)N2CCCC(O)C2)cn1. The number of carbonyl (C=O) groups is 1.